The van der Waals surface area contributed by atoms with Crippen LogP contribution in [0.1, 0.15) is 52.4 Å². The number of rotatable bonds is 8. The number of aliphatic hydroxyl groups excluding tert-OH is 1. The summed E-state index contributed by atoms with van der Waals surface area (Å²) >= 11 is 0. The first-order valence-electron chi connectivity index (χ1n) is 5.42. The second-order valence-corrected chi connectivity index (χ2v) is 4.20. The molecule has 0 saturated heterocycles. The van der Waals surface area contributed by atoms with Gasteiger partial charge in [-0.05, 0) is 32.1 Å². The lowest BCUT2D eigenvalue weighted by atomic mass is 10.0. The van der Waals surface area contributed by atoms with Crippen LogP contribution >= 0.6 is 0 Å². The SMILES string of the molecule is C=C(C)CCCCCCC(C)CO. The van der Waals surface area contributed by atoms with Crippen LogP contribution < -0.4 is 0 Å². The van der Waals surface area contributed by atoms with Crippen LogP contribution in [0, 0.1) is 5.92 Å². The summed E-state index contributed by atoms with van der Waals surface area (Å²) in [5.41, 5.74) is 1.30. The first-order chi connectivity index (χ1) is 6.16. The van der Waals surface area contributed by atoms with E-state index in [2.05, 4.69) is 20.4 Å². The van der Waals surface area contributed by atoms with Crippen LogP contribution in [0.3, 0.4) is 0 Å². The lowest BCUT2D eigenvalue weighted by molar-refractivity contribution is 0.227. The van der Waals surface area contributed by atoms with E-state index < -0.39 is 0 Å². The van der Waals surface area contributed by atoms with E-state index in [4.69, 9.17) is 5.11 Å². The van der Waals surface area contributed by atoms with E-state index in [1.54, 1.807) is 0 Å². The summed E-state index contributed by atoms with van der Waals surface area (Å²) in [6, 6.07) is 0. The van der Waals surface area contributed by atoms with E-state index in [1.165, 1.54) is 44.1 Å². The highest BCUT2D eigenvalue weighted by molar-refractivity contribution is 4.86. The molecule has 0 aromatic rings. The van der Waals surface area contributed by atoms with Crippen molar-refractivity contribution in [2.75, 3.05) is 6.61 Å². The van der Waals surface area contributed by atoms with E-state index >= 15 is 0 Å². The normalized spacial score (nSPS) is 12.8. The van der Waals surface area contributed by atoms with Gasteiger partial charge < -0.3 is 5.11 Å². The molecule has 0 aromatic carbocycles. The first-order valence-corrected chi connectivity index (χ1v) is 5.42. The second kappa shape index (κ2) is 8.31. The molecule has 0 rings (SSSR count). The zero-order valence-electron chi connectivity index (χ0n) is 9.18. The molecule has 0 spiro atoms. The van der Waals surface area contributed by atoms with Gasteiger partial charge in [0.15, 0.2) is 0 Å². The van der Waals surface area contributed by atoms with Gasteiger partial charge in [-0.15, -0.1) is 6.58 Å². The molecule has 0 aliphatic carbocycles. The molecule has 0 saturated carbocycles. The number of hydrogen-bond donors (Lipinski definition) is 1. The Morgan fingerprint density at radius 3 is 2.38 bits per heavy atom. The molecule has 0 amide bonds. The smallest absolute Gasteiger partial charge is 0.0456 e. The Labute approximate surface area is 82.9 Å². The summed E-state index contributed by atoms with van der Waals surface area (Å²) in [7, 11) is 0. The van der Waals surface area contributed by atoms with Crippen molar-refractivity contribution in [3.63, 3.8) is 0 Å². The topological polar surface area (TPSA) is 20.2 Å². The molecule has 0 radical (unpaired) electrons. The molecule has 1 atom stereocenters. The molecule has 0 heterocycles. The number of allylic oxidation sites excluding steroid dienone is 1. The molecule has 0 aliphatic heterocycles. The fraction of sp³-hybridized carbons (Fsp3) is 0.833. The molecule has 0 aromatic heterocycles. The Morgan fingerprint density at radius 1 is 1.23 bits per heavy atom. The van der Waals surface area contributed by atoms with Gasteiger partial charge >= 0.3 is 0 Å². The molecule has 1 N–H and O–H groups in total. The standard InChI is InChI=1S/C12H24O/c1-11(2)8-6-4-5-7-9-12(3)10-13/h12-13H,1,4-10H2,2-3H3. The third-order valence-corrected chi connectivity index (χ3v) is 2.36. The molecule has 1 unspecified atom stereocenters. The molecular formula is C12H24O. The third kappa shape index (κ3) is 9.62. The molecular weight excluding hydrogens is 160 g/mol. The summed E-state index contributed by atoms with van der Waals surface area (Å²) in [6.07, 6.45) is 7.50. The van der Waals surface area contributed by atoms with Crippen molar-refractivity contribution in [2.45, 2.75) is 52.4 Å². The lowest BCUT2D eigenvalue weighted by Crippen LogP contribution is -1.99. The highest BCUT2D eigenvalue weighted by Crippen LogP contribution is 2.12. The third-order valence-electron chi connectivity index (χ3n) is 2.36. The first kappa shape index (κ1) is 12.7. The maximum atomic E-state index is 8.80. The molecule has 0 fully saturated rings. The van der Waals surface area contributed by atoms with Crippen molar-refractivity contribution in [2.24, 2.45) is 5.92 Å². The second-order valence-electron chi connectivity index (χ2n) is 4.20. The van der Waals surface area contributed by atoms with E-state index in [-0.39, 0.29) is 0 Å². The number of hydrogen-bond acceptors (Lipinski definition) is 1. The zero-order chi connectivity index (χ0) is 10.1. The van der Waals surface area contributed by atoms with Crippen LogP contribution in [0.5, 0.6) is 0 Å². The van der Waals surface area contributed by atoms with Gasteiger partial charge in [-0.1, -0.05) is 31.8 Å². The molecule has 78 valence electrons. The van der Waals surface area contributed by atoms with E-state index in [0.717, 1.165) is 0 Å². The van der Waals surface area contributed by atoms with Gasteiger partial charge in [0.05, 0.1) is 0 Å². The summed E-state index contributed by atoms with van der Waals surface area (Å²) in [6.45, 7) is 8.42. The molecule has 1 nitrogen and oxygen atoms in total. The fourth-order valence-electron chi connectivity index (χ4n) is 1.36. The zero-order valence-corrected chi connectivity index (χ0v) is 9.18. The van der Waals surface area contributed by atoms with Gasteiger partial charge in [-0.2, -0.15) is 0 Å². The Balaban J connectivity index is 3.04. The summed E-state index contributed by atoms with van der Waals surface area (Å²) < 4.78 is 0. The minimum absolute atomic E-state index is 0.339. The van der Waals surface area contributed by atoms with Crippen molar-refractivity contribution < 1.29 is 5.11 Å². The van der Waals surface area contributed by atoms with Crippen LogP contribution in [0.25, 0.3) is 0 Å². The minimum atomic E-state index is 0.339. The lowest BCUT2D eigenvalue weighted by Gasteiger charge is -2.06. The average molecular weight is 184 g/mol. The van der Waals surface area contributed by atoms with Crippen LogP contribution in [0.4, 0.5) is 0 Å². The highest BCUT2D eigenvalue weighted by atomic mass is 16.3. The monoisotopic (exact) mass is 184 g/mol. The van der Waals surface area contributed by atoms with Crippen LogP contribution in [0.2, 0.25) is 0 Å². The molecule has 1 heteroatoms. The summed E-state index contributed by atoms with van der Waals surface area (Å²) in [5.74, 6) is 0.487. The predicted octanol–water partition coefficient (Wildman–Crippen LogP) is 3.53. The Hall–Kier alpha value is -0.300. The number of unbranched alkanes of at least 4 members (excludes halogenated alkanes) is 3. The Kier molecular flexibility index (Phi) is 8.11. The molecule has 0 aliphatic rings. The largest absolute Gasteiger partial charge is 0.396 e. The van der Waals surface area contributed by atoms with Crippen molar-refractivity contribution >= 4 is 0 Å². The van der Waals surface area contributed by atoms with Gasteiger partial charge in [-0.3, -0.25) is 0 Å². The van der Waals surface area contributed by atoms with Gasteiger partial charge in [0, 0.05) is 6.61 Å². The van der Waals surface area contributed by atoms with Crippen LogP contribution in [-0.4, -0.2) is 11.7 Å². The van der Waals surface area contributed by atoms with Gasteiger partial charge in [0.1, 0.15) is 0 Å². The predicted molar refractivity (Wildman–Crippen MR) is 58.8 cm³/mol. The average Bonchev–Trinajstić information content (AvgIpc) is 2.10. The van der Waals surface area contributed by atoms with Crippen molar-refractivity contribution in [1.29, 1.82) is 0 Å². The van der Waals surface area contributed by atoms with Crippen molar-refractivity contribution in [1.82, 2.24) is 0 Å². The van der Waals surface area contributed by atoms with E-state index in [1.807, 2.05) is 0 Å². The molecule has 13 heavy (non-hydrogen) atoms. The Morgan fingerprint density at radius 2 is 1.85 bits per heavy atom. The maximum absolute atomic E-state index is 8.80. The van der Waals surface area contributed by atoms with Crippen LogP contribution in [-0.2, 0) is 0 Å². The summed E-state index contributed by atoms with van der Waals surface area (Å²) in [5, 5.41) is 8.80. The molecule has 0 bridgehead atoms. The fourth-order valence-corrected chi connectivity index (χ4v) is 1.36. The highest BCUT2D eigenvalue weighted by Gasteiger charge is 1.98. The minimum Gasteiger partial charge on any atom is -0.396 e. The van der Waals surface area contributed by atoms with Crippen molar-refractivity contribution in [3.05, 3.63) is 12.2 Å². The Bertz CT molecular complexity index is 129. The van der Waals surface area contributed by atoms with Gasteiger partial charge in [0.25, 0.3) is 0 Å². The summed E-state index contributed by atoms with van der Waals surface area (Å²) in [4.78, 5) is 0. The number of aliphatic hydroxyl groups is 1. The van der Waals surface area contributed by atoms with Gasteiger partial charge in [-0.25, -0.2) is 0 Å². The van der Waals surface area contributed by atoms with E-state index in [0.29, 0.717) is 12.5 Å². The van der Waals surface area contributed by atoms with Crippen LogP contribution in [0.15, 0.2) is 12.2 Å². The van der Waals surface area contributed by atoms with Crippen molar-refractivity contribution in [3.8, 4) is 0 Å². The quantitative estimate of drug-likeness (QED) is 0.452. The van der Waals surface area contributed by atoms with E-state index in [9.17, 15) is 0 Å². The van der Waals surface area contributed by atoms with Gasteiger partial charge in [0.2, 0.25) is 0 Å². The maximum Gasteiger partial charge on any atom is 0.0456 e.